The van der Waals surface area contributed by atoms with E-state index in [0.717, 1.165) is 34.0 Å². The van der Waals surface area contributed by atoms with Crippen molar-refractivity contribution in [3.8, 4) is 0 Å². The number of nitrogen functional groups attached to an aromatic ring is 1. The maximum absolute atomic E-state index is 12.1. The minimum absolute atomic E-state index is 0.0998. The summed E-state index contributed by atoms with van der Waals surface area (Å²) in [5.41, 5.74) is 6.62. The van der Waals surface area contributed by atoms with Crippen LogP contribution in [0.1, 0.15) is 22.5 Å². The molecule has 0 spiro atoms. The van der Waals surface area contributed by atoms with E-state index in [9.17, 15) is 4.79 Å². The van der Waals surface area contributed by atoms with Crippen LogP contribution >= 0.6 is 27.3 Å². The quantitative estimate of drug-likeness (QED) is 0.779. The molecule has 1 aromatic carbocycles. The highest BCUT2D eigenvalue weighted by molar-refractivity contribution is 9.10. The number of ether oxygens (including phenoxy) is 1. The summed E-state index contributed by atoms with van der Waals surface area (Å²) in [5, 5.41) is 3.83. The SMILES string of the molecule is COCCCCNC(=O)c1sc2cc(Br)ccc2c1N. The summed E-state index contributed by atoms with van der Waals surface area (Å²) in [6, 6.07) is 5.84. The highest BCUT2D eigenvalue weighted by Crippen LogP contribution is 2.35. The number of hydrogen-bond donors (Lipinski definition) is 2. The van der Waals surface area contributed by atoms with Crippen LogP contribution in [-0.4, -0.2) is 26.2 Å². The average molecular weight is 357 g/mol. The van der Waals surface area contributed by atoms with Crippen LogP contribution < -0.4 is 11.1 Å². The molecule has 0 unspecified atom stereocenters. The smallest absolute Gasteiger partial charge is 0.263 e. The van der Waals surface area contributed by atoms with E-state index in [1.807, 2.05) is 18.2 Å². The zero-order chi connectivity index (χ0) is 14.5. The number of benzene rings is 1. The second-order valence-electron chi connectivity index (χ2n) is 4.44. The third-order valence-corrected chi connectivity index (χ3v) is 4.62. The van der Waals surface area contributed by atoms with Gasteiger partial charge < -0.3 is 15.8 Å². The molecule has 20 heavy (non-hydrogen) atoms. The van der Waals surface area contributed by atoms with Crippen LogP contribution in [0.4, 0.5) is 5.69 Å². The van der Waals surface area contributed by atoms with Gasteiger partial charge in [-0.3, -0.25) is 4.79 Å². The molecule has 0 aliphatic rings. The number of fused-ring (bicyclic) bond motifs is 1. The first-order valence-corrected chi connectivity index (χ1v) is 7.99. The Morgan fingerprint density at radius 3 is 3.00 bits per heavy atom. The monoisotopic (exact) mass is 356 g/mol. The first kappa shape index (κ1) is 15.3. The van der Waals surface area contributed by atoms with Gasteiger partial charge in [0.25, 0.3) is 5.91 Å². The predicted octanol–water partition coefficient (Wildman–Crippen LogP) is 3.40. The lowest BCUT2D eigenvalue weighted by Gasteiger charge is -2.04. The molecule has 0 aliphatic carbocycles. The summed E-state index contributed by atoms with van der Waals surface area (Å²) in [6.45, 7) is 1.36. The van der Waals surface area contributed by atoms with Crippen LogP contribution in [0.15, 0.2) is 22.7 Å². The highest BCUT2D eigenvalue weighted by atomic mass is 79.9. The van der Waals surface area contributed by atoms with E-state index in [-0.39, 0.29) is 5.91 Å². The number of nitrogens with one attached hydrogen (secondary N) is 1. The fourth-order valence-electron chi connectivity index (χ4n) is 1.91. The molecule has 4 nitrogen and oxygen atoms in total. The predicted molar refractivity (Wildman–Crippen MR) is 87.4 cm³/mol. The summed E-state index contributed by atoms with van der Waals surface area (Å²) in [6.07, 6.45) is 1.83. The molecule has 1 heterocycles. The first-order chi connectivity index (χ1) is 9.63. The summed E-state index contributed by atoms with van der Waals surface area (Å²) in [7, 11) is 1.68. The molecule has 0 fully saturated rings. The van der Waals surface area contributed by atoms with Crippen molar-refractivity contribution >= 4 is 48.9 Å². The zero-order valence-electron chi connectivity index (χ0n) is 11.2. The molecular formula is C14H17BrN2O2S. The molecule has 108 valence electrons. The Morgan fingerprint density at radius 1 is 1.45 bits per heavy atom. The Labute approximate surface area is 130 Å². The number of thiophene rings is 1. The van der Waals surface area contributed by atoms with Crippen LogP contribution in [0.3, 0.4) is 0 Å². The van der Waals surface area contributed by atoms with Crippen molar-refractivity contribution in [3.63, 3.8) is 0 Å². The fraction of sp³-hybridized carbons (Fsp3) is 0.357. The Balaban J connectivity index is 2.04. The van der Waals surface area contributed by atoms with Gasteiger partial charge in [0.05, 0.1) is 5.69 Å². The summed E-state index contributed by atoms with van der Waals surface area (Å²) in [4.78, 5) is 12.7. The molecule has 0 aliphatic heterocycles. The number of rotatable bonds is 6. The Morgan fingerprint density at radius 2 is 2.25 bits per heavy atom. The van der Waals surface area contributed by atoms with E-state index in [1.165, 1.54) is 11.3 Å². The molecule has 0 radical (unpaired) electrons. The maximum atomic E-state index is 12.1. The van der Waals surface area contributed by atoms with Gasteiger partial charge in [0.15, 0.2) is 0 Å². The van der Waals surface area contributed by atoms with Crippen LogP contribution in [0.5, 0.6) is 0 Å². The average Bonchev–Trinajstić information content (AvgIpc) is 2.75. The van der Waals surface area contributed by atoms with Gasteiger partial charge in [-0.15, -0.1) is 11.3 Å². The van der Waals surface area contributed by atoms with E-state index >= 15 is 0 Å². The van der Waals surface area contributed by atoms with Crippen molar-refractivity contribution in [1.29, 1.82) is 0 Å². The number of halogens is 1. The lowest BCUT2D eigenvalue weighted by atomic mass is 10.2. The van der Waals surface area contributed by atoms with Crippen LogP contribution in [-0.2, 0) is 4.74 Å². The number of nitrogens with two attached hydrogens (primary N) is 1. The molecule has 0 atom stereocenters. The normalized spacial score (nSPS) is 10.9. The lowest BCUT2D eigenvalue weighted by Crippen LogP contribution is -2.24. The standard InChI is InChI=1S/C14H17BrN2O2S/c1-19-7-3-2-6-17-14(18)13-12(16)10-5-4-9(15)8-11(10)20-13/h4-5,8H,2-3,6-7,16H2,1H3,(H,17,18). The molecule has 0 bridgehead atoms. The molecule has 3 N–H and O–H groups in total. The Hall–Kier alpha value is -1.11. The fourth-order valence-corrected chi connectivity index (χ4v) is 3.50. The van der Waals surface area contributed by atoms with E-state index in [1.54, 1.807) is 7.11 Å². The highest BCUT2D eigenvalue weighted by Gasteiger charge is 2.15. The van der Waals surface area contributed by atoms with Crippen molar-refractivity contribution in [2.75, 3.05) is 26.0 Å². The minimum Gasteiger partial charge on any atom is -0.397 e. The summed E-state index contributed by atoms with van der Waals surface area (Å²) >= 11 is 4.85. The summed E-state index contributed by atoms with van der Waals surface area (Å²) < 4.78 is 6.97. The Bertz CT molecular complexity index is 612. The van der Waals surface area contributed by atoms with Crippen molar-refractivity contribution in [1.82, 2.24) is 5.32 Å². The van der Waals surface area contributed by atoms with Crippen molar-refractivity contribution in [3.05, 3.63) is 27.5 Å². The van der Waals surface area contributed by atoms with Gasteiger partial charge in [-0.25, -0.2) is 0 Å². The number of methoxy groups -OCH3 is 1. The topological polar surface area (TPSA) is 64.3 Å². The van der Waals surface area contributed by atoms with Gasteiger partial charge in [0.1, 0.15) is 4.88 Å². The van der Waals surface area contributed by atoms with Crippen LogP contribution in [0.25, 0.3) is 10.1 Å². The molecule has 2 aromatic rings. The number of anilines is 1. The number of amides is 1. The number of carbonyl (C=O) groups is 1. The van der Waals surface area contributed by atoms with Gasteiger partial charge in [-0.05, 0) is 25.0 Å². The minimum atomic E-state index is -0.0998. The van der Waals surface area contributed by atoms with Crippen molar-refractivity contribution in [2.24, 2.45) is 0 Å². The third kappa shape index (κ3) is 3.50. The number of carbonyl (C=O) groups excluding carboxylic acids is 1. The second-order valence-corrected chi connectivity index (χ2v) is 6.41. The molecule has 1 amide bonds. The lowest BCUT2D eigenvalue weighted by molar-refractivity contribution is 0.0956. The maximum Gasteiger partial charge on any atom is 0.263 e. The Kier molecular flexibility index (Phi) is 5.39. The molecule has 0 saturated heterocycles. The van der Waals surface area contributed by atoms with E-state index in [4.69, 9.17) is 10.5 Å². The number of unbranched alkanes of at least 4 members (excludes halogenated alkanes) is 1. The van der Waals surface area contributed by atoms with E-state index < -0.39 is 0 Å². The van der Waals surface area contributed by atoms with Crippen molar-refractivity contribution in [2.45, 2.75) is 12.8 Å². The van der Waals surface area contributed by atoms with Gasteiger partial charge in [0.2, 0.25) is 0 Å². The largest absolute Gasteiger partial charge is 0.397 e. The van der Waals surface area contributed by atoms with E-state index in [0.29, 0.717) is 17.1 Å². The van der Waals surface area contributed by atoms with Gasteiger partial charge >= 0.3 is 0 Å². The van der Waals surface area contributed by atoms with E-state index in [2.05, 4.69) is 21.2 Å². The molecule has 6 heteroatoms. The van der Waals surface area contributed by atoms with Gasteiger partial charge in [0, 0.05) is 34.8 Å². The van der Waals surface area contributed by atoms with Crippen LogP contribution in [0, 0.1) is 0 Å². The van der Waals surface area contributed by atoms with Gasteiger partial charge in [-0.1, -0.05) is 22.0 Å². The second kappa shape index (κ2) is 7.06. The van der Waals surface area contributed by atoms with Gasteiger partial charge in [-0.2, -0.15) is 0 Å². The van der Waals surface area contributed by atoms with Crippen molar-refractivity contribution < 1.29 is 9.53 Å². The summed E-state index contributed by atoms with van der Waals surface area (Å²) in [5.74, 6) is -0.0998. The number of hydrogen-bond acceptors (Lipinski definition) is 4. The molecule has 1 aromatic heterocycles. The molecular weight excluding hydrogens is 340 g/mol. The zero-order valence-corrected chi connectivity index (χ0v) is 13.6. The van der Waals surface area contributed by atoms with Crippen LogP contribution in [0.2, 0.25) is 0 Å². The molecule has 2 rings (SSSR count). The molecule has 0 saturated carbocycles. The third-order valence-electron chi connectivity index (χ3n) is 2.96. The first-order valence-electron chi connectivity index (χ1n) is 6.38.